The number of H-pyrrole nitrogens is 1. The Bertz CT molecular complexity index is 1290. The SMILES string of the molecule is CCC(NC(=O)c1cncc2c1cnn2-c1ccc(F)cc1)c1cc(C(=O)OC)c(C)[nH]1. The van der Waals surface area contributed by atoms with Crippen molar-refractivity contribution in [3.63, 3.8) is 0 Å². The van der Waals surface area contributed by atoms with Crippen LogP contribution in [0, 0.1) is 12.7 Å². The van der Waals surface area contributed by atoms with Crippen LogP contribution < -0.4 is 5.32 Å². The Morgan fingerprint density at radius 1 is 1.19 bits per heavy atom. The molecular formula is C23H22FN5O3. The predicted octanol–water partition coefficient (Wildman–Crippen LogP) is 3.86. The minimum Gasteiger partial charge on any atom is -0.465 e. The smallest absolute Gasteiger partial charge is 0.339 e. The first-order valence-electron chi connectivity index (χ1n) is 10.1. The number of amides is 1. The van der Waals surface area contributed by atoms with E-state index in [1.54, 1.807) is 42.2 Å². The molecule has 0 aliphatic rings. The summed E-state index contributed by atoms with van der Waals surface area (Å²) >= 11 is 0. The molecule has 1 unspecified atom stereocenters. The zero-order valence-electron chi connectivity index (χ0n) is 17.8. The third-order valence-electron chi connectivity index (χ3n) is 5.34. The molecule has 164 valence electrons. The van der Waals surface area contributed by atoms with Crippen molar-refractivity contribution < 1.29 is 18.7 Å². The van der Waals surface area contributed by atoms with Gasteiger partial charge in [0.1, 0.15) is 5.82 Å². The first-order valence-corrected chi connectivity index (χ1v) is 10.1. The van der Waals surface area contributed by atoms with Gasteiger partial charge < -0.3 is 15.0 Å². The molecular weight excluding hydrogens is 413 g/mol. The minimum atomic E-state index is -0.437. The number of carbonyl (C=O) groups excluding carboxylic acids is 2. The molecule has 0 spiro atoms. The summed E-state index contributed by atoms with van der Waals surface area (Å²) in [5.41, 5.74) is 3.46. The lowest BCUT2D eigenvalue weighted by Crippen LogP contribution is -2.28. The van der Waals surface area contributed by atoms with Crippen LogP contribution in [0.2, 0.25) is 0 Å². The number of hydrogen-bond acceptors (Lipinski definition) is 5. The minimum absolute atomic E-state index is 0.319. The van der Waals surface area contributed by atoms with E-state index in [1.165, 1.54) is 25.4 Å². The largest absolute Gasteiger partial charge is 0.465 e. The molecule has 0 aliphatic heterocycles. The highest BCUT2D eigenvalue weighted by atomic mass is 19.1. The fourth-order valence-corrected chi connectivity index (χ4v) is 3.64. The maximum absolute atomic E-state index is 13.3. The van der Waals surface area contributed by atoms with Crippen molar-refractivity contribution in [3.05, 3.63) is 77.3 Å². The number of pyridine rings is 1. The molecule has 0 bridgehead atoms. The van der Waals surface area contributed by atoms with Crippen molar-refractivity contribution in [2.45, 2.75) is 26.3 Å². The van der Waals surface area contributed by atoms with Crippen LogP contribution in [0.5, 0.6) is 0 Å². The second kappa shape index (κ2) is 8.62. The number of halogens is 1. The van der Waals surface area contributed by atoms with Gasteiger partial charge in [-0.15, -0.1) is 0 Å². The number of nitrogens with zero attached hydrogens (tertiary/aromatic N) is 3. The zero-order valence-corrected chi connectivity index (χ0v) is 17.8. The molecule has 0 saturated carbocycles. The van der Waals surface area contributed by atoms with Gasteiger partial charge in [-0.2, -0.15) is 5.10 Å². The summed E-state index contributed by atoms with van der Waals surface area (Å²) in [5, 5.41) is 7.97. The van der Waals surface area contributed by atoms with Gasteiger partial charge in [-0.05, 0) is 43.7 Å². The van der Waals surface area contributed by atoms with Crippen LogP contribution in [0.3, 0.4) is 0 Å². The van der Waals surface area contributed by atoms with Crippen molar-refractivity contribution >= 4 is 22.8 Å². The third-order valence-corrected chi connectivity index (χ3v) is 5.34. The van der Waals surface area contributed by atoms with E-state index in [2.05, 4.69) is 20.4 Å². The van der Waals surface area contributed by atoms with Crippen LogP contribution >= 0.6 is 0 Å². The van der Waals surface area contributed by atoms with E-state index in [0.29, 0.717) is 45.5 Å². The van der Waals surface area contributed by atoms with Crippen molar-refractivity contribution in [3.8, 4) is 5.69 Å². The Labute approximate surface area is 183 Å². The van der Waals surface area contributed by atoms with Crippen LogP contribution in [0.4, 0.5) is 4.39 Å². The van der Waals surface area contributed by atoms with E-state index < -0.39 is 5.97 Å². The number of ether oxygens (including phenoxy) is 1. The maximum Gasteiger partial charge on any atom is 0.339 e. The second-order valence-electron chi connectivity index (χ2n) is 7.34. The van der Waals surface area contributed by atoms with E-state index >= 15 is 0 Å². The van der Waals surface area contributed by atoms with Crippen molar-refractivity contribution in [2.75, 3.05) is 7.11 Å². The first kappa shape index (κ1) is 21.2. The van der Waals surface area contributed by atoms with Crippen molar-refractivity contribution in [1.82, 2.24) is 25.1 Å². The standard InChI is InChI=1S/C23H22FN5O3/c1-4-19(20-9-16(13(2)27-20)23(31)32-3)28-22(30)18-10-25-12-21-17(18)11-26-29(21)15-7-5-14(24)6-8-15/h5-12,19,27H,4H2,1-3H3,(H,28,30). The normalized spacial score (nSPS) is 12.0. The van der Waals surface area contributed by atoms with Crippen LogP contribution in [0.25, 0.3) is 16.6 Å². The third kappa shape index (κ3) is 3.84. The molecule has 1 aromatic carbocycles. The summed E-state index contributed by atoms with van der Waals surface area (Å²) in [4.78, 5) is 32.4. The van der Waals surface area contributed by atoms with E-state index in [-0.39, 0.29) is 17.8 Å². The monoisotopic (exact) mass is 435 g/mol. The number of nitrogens with one attached hydrogen (secondary N) is 2. The number of esters is 1. The molecule has 2 N–H and O–H groups in total. The van der Waals surface area contributed by atoms with Crippen molar-refractivity contribution in [2.24, 2.45) is 0 Å². The van der Waals surface area contributed by atoms with E-state index in [9.17, 15) is 14.0 Å². The van der Waals surface area contributed by atoms with Gasteiger partial charge >= 0.3 is 5.97 Å². The number of fused-ring (bicyclic) bond motifs is 1. The summed E-state index contributed by atoms with van der Waals surface area (Å²) in [7, 11) is 1.33. The molecule has 0 aliphatic carbocycles. The fraction of sp³-hybridized carbons (Fsp3) is 0.217. The number of aryl methyl sites for hydroxylation is 1. The lowest BCUT2D eigenvalue weighted by atomic mass is 10.1. The first-order chi connectivity index (χ1) is 15.4. The Morgan fingerprint density at radius 2 is 1.94 bits per heavy atom. The summed E-state index contributed by atoms with van der Waals surface area (Å²) in [5.74, 6) is -1.10. The van der Waals surface area contributed by atoms with Gasteiger partial charge in [-0.25, -0.2) is 13.9 Å². The van der Waals surface area contributed by atoms with Gasteiger partial charge in [0.25, 0.3) is 5.91 Å². The van der Waals surface area contributed by atoms with Crippen molar-refractivity contribution in [1.29, 1.82) is 0 Å². The lowest BCUT2D eigenvalue weighted by molar-refractivity contribution is 0.0600. The number of hydrogen-bond donors (Lipinski definition) is 2. The highest BCUT2D eigenvalue weighted by Gasteiger charge is 2.22. The molecule has 9 heteroatoms. The number of rotatable bonds is 6. The molecule has 1 atom stereocenters. The zero-order chi connectivity index (χ0) is 22.8. The predicted molar refractivity (Wildman–Crippen MR) is 116 cm³/mol. The summed E-state index contributed by atoms with van der Waals surface area (Å²) in [6.07, 6.45) is 5.28. The van der Waals surface area contributed by atoms with Gasteiger partial charge in [0.15, 0.2) is 0 Å². The Kier molecular flexibility index (Phi) is 5.72. The molecule has 4 rings (SSSR count). The van der Waals surface area contributed by atoms with E-state index in [0.717, 1.165) is 0 Å². The summed E-state index contributed by atoms with van der Waals surface area (Å²) < 4.78 is 19.7. The van der Waals surface area contributed by atoms with E-state index in [4.69, 9.17) is 4.74 Å². The average Bonchev–Trinajstić information content (AvgIpc) is 3.41. The number of methoxy groups -OCH3 is 1. The van der Waals surface area contributed by atoms with Crippen LogP contribution in [-0.4, -0.2) is 38.7 Å². The maximum atomic E-state index is 13.3. The van der Waals surface area contributed by atoms with Gasteiger partial charge in [-0.1, -0.05) is 6.92 Å². The molecule has 32 heavy (non-hydrogen) atoms. The quantitative estimate of drug-likeness (QED) is 0.448. The van der Waals surface area contributed by atoms with Crippen LogP contribution in [-0.2, 0) is 4.74 Å². The number of aromatic amines is 1. The highest BCUT2D eigenvalue weighted by Crippen LogP contribution is 2.24. The molecule has 4 aromatic rings. The molecule has 0 fully saturated rings. The number of benzene rings is 1. The topological polar surface area (TPSA) is 102 Å². The molecule has 0 saturated heterocycles. The Hall–Kier alpha value is -4.01. The number of aromatic nitrogens is 4. The Balaban J connectivity index is 1.64. The highest BCUT2D eigenvalue weighted by molar-refractivity contribution is 6.06. The second-order valence-corrected chi connectivity index (χ2v) is 7.34. The molecule has 1 amide bonds. The number of carbonyl (C=O) groups is 2. The van der Waals surface area contributed by atoms with Crippen LogP contribution in [0.15, 0.2) is 48.9 Å². The molecule has 0 radical (unpaired) electrons. The van der Waals surface area contributed by atoms with Gasteiger partial charge in [0.2, 0.25) is 0 Å². The lowest BCUT2D eigenvalue weighted by Gasteiger charge is -2.16. The van der Waals surface area contributed by atoms with Gasteiger partial charge in [0.05, 0.1) is 47.9 Å². The fourth-order valence-electron chi connectivity index (χ4n) is 3.64. The van der Waals surface area contributed by atoms with E-state index in [1.807, 2.05) is 6.92 Å². The molecule has 8 nitrogen and oxygen atoms in total. The Morgan fingerprint density at radius 3 is 2.62 bits per heavy atom. The molecule has 3 aromatic heterocycles. The van der Waals surface area contributed by atoms with Crippen LogP contribution in [0.1, 0.15) is 51.5 Å². The average molecular weight is 435 g/mol. The van der Waals surface area contributed by atoms with Gasteiger partial charge in [-0.3, -0.25) is 9.78 Å². The molecule has 3 heterocycles. The summed E-state index contributed by atoms with van der Waals surface area (Å²) in [6.45, 7) is 3.71. The summed E-state index contributed by atoms with van der Waals surface area (Å²) in [6, 6.07) is 7.25. The van der Waals surface area contributed by atoms with Gasteiger partial charge in [0, 0.05) is 23.0 Å².